The number of aromatic nitrogens is 2. The van der Waals surface area contributed by atoms with E-state index in [0.29, 0.717) is 0 Å². The lowest BCUT2D eigenvalue weighted by Gasteiger charge is -2.33. The van der Waals surface area contributed by atoms with Gasteiger partial charge in [-0.25, -0.2) is 0 Å². The first-order chi connectivity index (χ1) is 9.16. The fraction of sp³-hybridized carbons (Fsp3) is 0.400. The number of nitrogens with one attached hydrogen (secondary N) is 1. The number of aromatic amines is 1. The summed E-state index contributed by atoms with van der Waals surface area (Å²) in [5.41, 5.74) is 3.48. The van der Waals surface area contributed by atoms with Crippen molar-refractivity contribution in [2.75, 3.05) is 6.54 Å². The van der Waals surface area contributed by atoms with Crippen molar-refractivity contribution in [1.29, 1.82) is 0 Å². The van der Waals surface area contributed by atoms with Crippen LogP contribution in [-0.2, 0) is 20.0 Å². The fourth-order valence-electron chi connectivity index (χ4n) is 3.03. The quantitative estimate of drug-likeness (QED) is 0.891. The minimum Gasteiger partial charge on any atom is -0.290 e. The van der Waals surface area contributed by atoms with Crippen LogP contribution in [0, 0.1) is 0 Å². The van der Waals surface area contributed by atoms with Crippen LogP contribution >= 0.6 is 0 Å². The molecular weight excluding hydrogens is 238 g/mol. The maximum absolute atomic E-state index is 11.8. The van der Waals surface area contributed by atoms with Gasteiger partial charge < -0.3 is 0 Å². The zero-order valence-corrected chi connectivity index (χ0v) is 11.4. The van der Waals surface area contributed by atoms with Crippen LogP contribution in [0.2, 0.25) is 0 Å². The fourth-order valence-corrected chi connectivity index (χ4v) is 3.03. The van der Waals surface area contributed by atoms with Crippen molar-refractivity contribution in [3.8, 4) is 0 Å². The zero-order valence-electron chi connectivity index (χ0n) is 11.4. The van der Waals surface area contributed by atoms with Crippen molar-refractivity contribution in [1.82, 2.24) is 14.7 Å². The maximum Gasteiger partial charge on any atom is 0.267 e. The lowest BCUT2D eigenvalue weighted by atomic mass is 10.00. The summed E-state index contributed by atoms with van der Waals surface area (Å²) in [6, 6.07) is 10.8. The van der Waals surface area contributed by atoms with Crippen molar-refractivity contribution in [3.05, 3.63) is 57.5 Å². The molecule has 0 saturated heterocycles. The maximum atomic E-state index is 11.8. The average molecular weight is 257 g/mol. The summed E-state index contributed by atoms with van der Waals surface area (Å²) in [5.74, 6) is 0. The Labute approximate surface area is 112 Å². The van der Waals surface area contributed by atoms with Gasteiger partial charge in [-0.05, 0) is 18.9 Å². The second-order valence-electron chi connectivity index (χ2n) is 5.25. The molecule has 1 aliphatic heterocycles. The Morgan fingerprint density at radius 2 is 2.05 bits per heavy atom. The highest BCUT2D eigenvalue weighted by atomic mass is 16.1. The van der Waals surface area contributed by atoms with E-state index in [9.17, 15) is 4.79 Å². The van der Waals surface area contributed by atoms with Crippen LogP contribution in [-0.4, -0.2) is 21.2 Å². The molecule has 1 aromatic carbocycles. The summed E-state index contributed by atoms with van der Waals surface area (Å²) in [4.78, 5) is 14.2. The highest BCUT2D eigenvalue weighted by Crippen LogP contribution is 2.28. The number of fused-ring (bicyclic) bond motifs is 1. The summed E-state index contributed by atoms with van der Waals surface area (Å²) in [6.45, 7) is 4.05. The van der Waals surface area contributed by atoms with E-state index in [-0.39, 0.29) is 11.6 Å². The van der Waals surface area contributed by atoms with E-state index in [1.807, 2.05) is 17.8 Å². The average Bonchev–Trinajstić information content (AvgIpc) is 2.70. The van der Waals surface area contributed by atoms with Crippen molar-refractivity contribution in [2.24, 2.45) is 7.05 Å². The molecule has 0 radical (unpaired) electrons. The Morgan fingerprint density at radius 1 is 1.32 bits per heavy atom. The Hall–Kier alpha value is -1.81. The highest BCUT2D eigenvalue weighted by Gasteiger charge is 2.28. The topological polar surface area (TPSA) is 41.0 Å². The van der Waals surface area contributed by atoms with Gasteiger partial charge in [0.15, 0.2) is 0 Å². The lowest BCUT2D eigenvalue weighted by molar-refractivity contribution is 0.182. The number of rotatable bonds is 2. The monoisotopic (exact) mass is 257 g/mol. The normalized spacial score (nSPS) is 19.4. The van der Waals surface area contributed by atoms with Crippen LogP contribution < -0.4 is 5.56 Å². The van der Waals surface area contributed by atoms with Gasteiger partial charge in [-0.1, -0.05) is 30.3 Å². The van der Waals surface area contributed by atoms with Crippen LogP contribution in [0.4, 0.5) is 0 Å². The number of nitrogens with zero attached hydrogens (tertiary/aromatic N) is 2. The molecule has 1 aromatic heterocycles. The molecule has 1 unspecified atom stereocenters. The van der Waals surface area contributed by atoms with E-state index in [0.717, 1.165) is 30.8 Å². The molecule has 4 nitrogen and oxygen atoms in total. The largest absolute Gasteiger partial charge is 0.290 e. The predicted octanol–water partition coefficient (Wildman–Crippen LogP) is 1.83. The smallest absolute Gasteiger partial charge is 0.267 e. The Kier molecular flexibility index (Phi) is 3.03. The SMILES string of the molecule is CC1c2c(c(=O)[nH]n2C)CCN1Cc1ccccc1. The van der Waals surface area contributed by atoms with E-state index in [4.69, 9.17) is 0 Å². The van der Waals surface area contributed by atoms with Gasteiger partial charge in [0, 0.05) is 31.7 Å². The van der Waals surface area contributed by atoms with Gasteiger partial charge in [0.05, 0.1) is 5.69 Å². The molecule has 0 saturated carbocycles. The minimum atomic E-state index is 0.0729. The van der Waals surface area contributed by atoms with E-state index in [1.165, 1.54) is 5.56 Å². The molecular formula is C15H19N3O. The molecule has 1 aliphatic rings. The number of hydrogen-bond acceptors (Lipinski definition) is 2. The number of aryl methyl sites for hydroxylation is 1. The van der Waals surface area contributed by atoms with Crippen LogP contribution in [0.1, 0.15) is 29.8 Å². The van der Waals surface area contributed by atoms with E-state index >= 15 is 0 Å². The minimum absolute atomic E-state index is 0.0729. The molecule has 0 fully saturated rings. The van der Waals surface area contributed by atoms with Gasteiger partial charge in [0.25, 0.3) is 5.56 Å². The Bertz CT molecular complexity index is 627. The third kappa shape index (κ3) is 2.12. The van der Waals surface area contributed by atoms with Gasteiger partial charge in [0.1, 0.15) is 0 Å². The summed E-state index contributed by atoms with van der Waals surface area (Å²) in [7, 11) is 1.92. The summed E-state index contributed by atoms with van der Waals surface area (Å²) < 4.78 is 1.87. The van der Waals surface area contributed by atoms with Crippen molar-refractivity contribution in [3.63, 3.8) is 0 Å². The second kappa shape index (κ2) is 4.70. The number of H-pyrrole nitrogens is 1. The molecule has 4 heteroatoms. The number of benzene rings is 1. The first-order valence-electron chi connectivity index (χ1n) is 6.72. The van der Waals surface area contributed by atoms with Gasteiger partial charge in [0.2, 0.25) is 0 Å². The second-order valence-corrected chi connectivity index (χ2v) is 5.25. The van der Waals surface area contributed by atoms with E-state index in [2.05, 4.69) is 41.2 Å². The molecule has 0 bridgehead atoms. The van der Waals surface area contributed by atoms with Gasteiger partial charge in [-0.2, -0.15) is 0 Å². The first-order valence-corrected chi connectivity index (χ1v) is 6.72. The van der Waals surface area contributed by atoms with Gasteiger partial charge >= 0.3 is 0 Å². The van der Waals surface area contributed by atoms with Crippen LogP contribution in [0.5, 0.6) is 0 Å². The first kappa shape index (κ1) is 12.2. The predicted molar refractivity (Wildman–Crippen MR) is 75.0 cm³/mol. The molecule has 0 amide bonds. The van der Waals surface area contributed by atoms with Gasteiger partial charge in [-0.15, -0.1) is 0 Å². The molecule has 0 spiro atoms. The molecule has 100 valence electrons. The van der Waals surface area contributed by atoms with E-state index in [1.54, 1.807) is 0 Å². The lowest BCUT2D eigenvalue weighted by Crippen LogP contribution is -2.35. The third-order valence-corrected chi connectivity index (χ3v) is 4.03. The van der Waals surface area contributed by atoms with Crippen LogP contribution in [0.15, 0.2) is 35.1 Å². The summed E-state index contributed by atoms with van der Waals surface area (Å²) >= 11 is 0. The van der Waals surface area contributed by atoms with Crippen molar-refractivity contribution < 1.29 is 0 Å². The molecule has 3 rings (SSSR count). The Balaban J connectivity index is 1.87. The summed E-state index contributed by atoms with van der Waals surface area (Å²) in [5, 5.41) is 2.87. The van der Waals surface area contributed by atoms with Crippen molar-refractivity contribution in [2.45, 2.75) is 25.9 Å². The third-order valence-electron chi connectivity index (χ3n) is 4.03. The molecule has 19 heavy (non-hydrogen) atoms. The highest BCUT2D eigenvalue weighted by molar-refractivity contribution is 5.25. The zero-order chi connectivity index (χ0) is 13.4. The molecule has 2 heterocycles. The summed E-state index contributed by atoms with van der Waals surface area (Å²) in [6.07, 6.45) is 0.836. The van der Waals surface area contributed by atoms with E-state index < -0.39 is 0 Å². The van der Waals surface area contributed by atoms with Crippen LogP contribution in [0.3, 0.4) is 0 Å². The molecule has 1 N–H and O–H groups in total. The number of hydrogen-bond donors (Lipinski definition) is 1. The standard InChI is InChI=1S/C15H19N3O/c1-11-14-13(15(19)16-17(14)2)8-9-18(11)10-12-6-4-3-5-7-12/h3-7,11H,8-10H2,1-2H3,(H,16,19). The molecule has 2 aromatic rings. The van der Waals surface area contributed by atoms with Gasteiger partial charge in [-0.3, -0.25) is 19.5 Å². The molecule has 1 atom stereocenters. The van der Waals surface area contributed by atoms with Crippen molar-refractivity contribution >= 4 is 0 Å². The van der Waals surface area contributed by atoms with Crippen LogP contribution in [0.25, 0.3) is 0 Å². The molecule has 0 aliphatic carbocycles. The Morgan fingerprint density at radius 3 is 2.79 bits per heavy atom.